The Kier molecular flexibility index (Phi) is 1.94. The maximum atomic E-state index is 4.22. The fraction of sp³-hybridized carbons (Fsp3) is 0.600. The number of rotatable bonds is 1. The molecule has 2 aliphatic rings. The molecule has 1 heterocycles. The van der Waals surface area contributed by atoms with Gasteiger partial charge in [-0.1, -0.05) is 17.4 Å². The van der Waals surface area contributed by atoms with Gasteiger partial charge in [0.2, 0.25) is 0 Å². The molecule has 1 atom stereocenters. The molecule has 0 radical (unpaired) electrons. The highest BCUT2D eigenvalue weighted by atomic mass is 15.6. The van der Waals surface area contributed by atoms with E-state index >= 15 is 0 Å². The van der Waals surface area contributed by atoms with E-state index in [1.165, 1.54) is 5.57 Å². The molecule has 0 aromatic heterocycles. The minimum atomic E-state index is 0.394. The van der Waals surface area contributed by atoms with Crippen LogP contribution in [0.5, 0.6) is 0 Å². The van der Waals surface area contributed by atoms with Gasteiger partial charge in [-0.25, -0.2) is 0 Å². The summed E-state index contributed by atoms with van der Waals surface area (Å²) < 4.78 is 0. The van der Waals surface area contributed by atoms with Crippen molar-refractivity contribution in [3.05, 3.63) is 23.4 Å². The number of hydrogen-bond acceptors (Lipinski definition) is 3. The molecule has 3 heteroatoms. The molecule has 0 bridgehead atoms. The van der Waals surface area contributed by atoms with Gasteiger partial charge in [-0.15, -0.1) is 5.11 Å². The summed E-state index contributed by atoms with van der Waals surface area (Å²) in [7, 11) is 0. The van der Waals surface area contributed by atoms with Crippen LogP contribution >= 0.6 is 0 Å². The van der Waals surface area contributed by atoms with E-state index in [1.54, 1.807) is 0 Å². The van der Waals surface area contributed by atoms with Gasteiger partial charge in [-0.2, -0.15) is 0 Å². The smallest absolute Gasteiger partial charge is 0.0967 e. The Bertz CT molecular complexity index is 299. The molecule has 0 aromatic rings. The lowest BCUT2D eigenvalue weighted by molar-refractivity contribution is 0.197. The quantitative estimate of drug-likeness (QED) is 0.605. The fourth-order valence-electron chi connectivity index (χ4n) is 1.84. The van der Waals surface area contributed by atoms with Crippen LogP contribution in [0.15, 0.2) is 33.8 Å². The van der Waals surface area contributed by atoms with Crippen molar-refractivity contribution >= 4 is 0 Å². The zero-order valence-corrected chi connectivity index (χ0v) is 8.36. The van der Waals surface area contributed by atoms with Crippen molar-refractivity contribution < 1.29 is 0 Å². The van der Waals surface area contributed by atoms with E-state index in [-0.39, 0.29) is 0 Å². The second kappa shape index (κ2) is 2.98. The van der Waals surface area contributed by atoms with Crippen LogP contribution in [-0.4, -0.2) is 17.1 Å². The Morgan fingerprint density at radius 3 is 3.00 bits per heavy atom. The fourth-order valence-corrected chi connectivity index (χ4v) is 1.84. The number of fused-ring (bicyclic) bond motifs is 1. The standard InChI is InChI=1S/C10H15N3/c1-7(2)13-9-6-4-5-8(3)10(9)11-12-13/h4-5,7,9H,6H2,1-3H3. The lowest BCUT2D eigenvalue weighted by Crippen LogP contribution is -2.34. The molecule has 0 N–H and O–H groups in total. The SMILES string of the molecule is CC1=C2N=NN(C(C)C)C2CC=C1. The Balaban J connectivity index is 2.29. The maximum Gasteiger partial charge on any atom is 0.0967 e. The predicted molar refractivity (Wildman–Crippen MR) is 52.1 cm³/mol. The minimum absolute atomic E-state index is 0.394. The molecule has 0 fully saturated rings. The summed E-state index contributed by atoms with van der Waals surface area (Å²) in [5, 5.41) is 10.5. The lowest BCUT2D eigenvalue weighted by atomic mass is 9.99. The van der Waals surface area contributed by atoms with Gasteiger partial charge in [0.25, 0.3) is 0 Å². The van der Waals surface area contributed by atoms with Crippen molar-refractivity contribution in [2.45, 2.75) is 39.3 Å². The zero-order valence-electron chi connectivity index (χ0n) is 8.36. The van der Waals surface area contributed by atoms with Crippen LogP contribution in [0.1, 0.15) is 27.2 Å². The van der Waals surface area contributed by atoms with Crippen molar-refractivity contribution in [2.75, 3.05) is 0 Å². The van der Waals surface area contributed by atoms with Crippen LogP contribution in [0.4, 0.5) is 0 Å². The molecule has 1 unspecified atom stereocenters. The van der Waals surface area contributed by atoms with Gasteiger partial charge in [0.05, 0.1) is 11.7 Å². The second-order valence-corrected chi connectivity index (χ2v) is 3.89. The summed E-state index contributed by atoms with van der Waals surface area (Å²) in [4.78, 5) is 0. The highest BCUT2D eigenvalue weighted by molar-refractivity contribution is 5.32. The van der Waals surface area contributed by atoms with Crippen molar-refractivity contribution in [1.82, 2.24) is 5.01 Å². The van der Waals surface area contributed by atoms with Crippen LogP contribution in [-0.2, 0) is 0 Å². The van der Waals surface area contributed by atoms with E-state index < -0.39 is 0 Å². The molecule has 0 spiro atoms. The van der Waals surface area contributed by atoms with Crippen molar-refractivity contribution in [2.24, 2.45) is 10.3 Å². The van der Waals surface area contributed by atoms with Gasteiger partial charge in [0.15, 0.2) is 0 Å². The molecular formula is C10H15N3. The Labute approximate surface area is 78.8 Å². The molecule has 70 valence electrons. The second-order valence-electron chi connectivity index (χ2n) is 3.89. The number of nitrogens with zero attached hydrogens (tertiary/aromatic N) is 3. The summed E-state index contributed by atoms with van der Waals surface area (Å²) in [6.45, 7) is 6.39. The van der Waals surface area contributed by atoms with Crippen molar-refractivity contribution in [3.63, 3.8) is 0 Å². The first kappa shape index (κ1) is 8.48. The molecule has 1 aliphatic heterocycles. The molecule has 0 saturated heterocycles. The van der Waals surface area contributed by atoms with Gasteiger partial charge in [-0.05, 0) is 32.8 Å². The van der Waals surface area contributed by atoms with E-state index in [4.69, 9.17) is 0 Å². The van der Waals surface area contributed by atoms with Crippen LogP contribution < -0.4 is 0 Å². The summed E-state index contributed by atoms with van der Waals surface area (Å²) in [6, 6.07) is 0.829. The monoisotopic (exact) mass is 177 g/mol. The van der Waals surface area contributed by atoms with Crippen LogP contribution in [0.3, 0.4) is 0 Å². The van der Waals surface area contributed by atoms with Crippen LogP contribution in [0.2, 0.25) is 0 Å². The largest absolute Gasteiger partial charge is 0.267 e. The maximum absolute atomic E-state index is 4.22. The molecule has 0 saturated carbocycles. The third kappa shape index (κ3) is 1.28. The first-order valence-corrected chi connectivity index (χ1v) is 4.77. The van der Waals surface area contributed by atoms with E-state index in [0.717, 1.165) is 12.1 Å². The zero-order chi connectivity index (χ0) is 9.42. The first-order chi connectivity index (χ1) is 6.20. The van der Waals surface area contributed by atoms with E-state index in [9.17, 15) is 0 Å². The number of allylic oxidation sites excluding steroid dienone is 2. The third-order valence-electron chi connectivity index (χ3n) is 2.55. The molecule has 1 aliphatic carbocycles. The van der Waals surface area contributed by atoms with Crippen molar-refractivity contribution in [1.29, 1.82) is 0 Å². The molecule has 0 aromatic carbocycles. The summed E-state index contributed by atoms with van der Waals surface area (Å²) in [5.74, 6) is 0. The molecular weight excluding hydrogens is 162 g/mol. The summed E-state index contributed by atoms with van der Waals surface area (Å²) in [6.07, 6.45) is 5.38. The Morgan fingerprint density at radius 2 is 2.31 bits per heavy atom. The summed E-state index contributed by atoms with van der Waals surface area (Å²) in [5.41, 5.74) is 2.40. The number of hydrogen-bond donors (Lipinski definition) is 0. The first-order valence-electron chi connectivity index (χ1n) is 4.77. The van der Waals surface area contributed by atoms with Gasteiger partial charge in [0, 0.05) is 6.04 Å². The molecule has 3 nitrogen and oxygen atoms in total. The van der Waals surface area contributed by atoms with Gasteiger partial charge >= 0.3 is 0 Å². The van der Waals surface area contributed by atoms with E-state index in [2.05, 4.69) is 48.3 Å². The molecule has 0 amide bonds. The normalized spacial score (nSPS) is 26.2. The Hall–Kier alpha value is -1.12. The Morgan fingerprint density at radius 1 is 1.54 bits per heavy atom. The average molecular weight is 177 g/mol. The molecule has 13 heavy (non-hydrogen) atoms. The topological polar surface area (TPSA) is 28.0 Å². The molecule has 2 rings (SSSR count). The third-order valence-corrected chi connectivity index (χ3v) is 2.55. The highest BCUT2D eigenvalue weighted by Gasteiger charge is 2.30. The van der Waals surface area contributed by atoms with E-state index in [0.29, 0.717) is 12.1 Å². The van der Waals surface area contributed by atoms with Gasteiger partial charge in [0.1, 0.15) is 0 Å². The highest BCUT2D eigenvalue weighted by Crippen LogP contribution is 2.31. The predicted octanol–water partition coefficient (Wildman–Crippen LogP) is 2.68. The van der Waals surface area contributed by atoms with Crippen LogP contribution in [0, 0.1) is 0 Å². The van der Waals surface area contributed by atoms with Crippen LogP contribution in [0.25, 0.3) is 0 Å². The lowest BCUT2D eigenvalue weighted by Gasteiger charge is -2.26. The minimum Gasteiger partial charge on any atom is -0.267 e. The van der Waals surface area contributed by atoms with Gasteiger partial charge in [-0.3, -0.25) is 5.01 Å². The van der Waals surface area contributed by atoms with Crippen molar-refractivity contribution in [3.8, 4) is 0 Å². The summed E-state index contributed by atoms with van der Waals surface area (Å²) >= 11 is 0. The van der Waals surface area contributed by atoms with Gasteiger partial charge < -0.3 is 0 Å². The average Bonchev–Trinajstić information content (AvgIpc) is 2.48. The van der Waals surface area contributed by atoms with E-state index in [1.807, 2.05) is 0 Å².